The third kappa shape index (κ3) is 2.75. The molecule has 0 saturated heterocycles. The van der Waals surface area contributed by atoms with E-state index in [9.17, 15) is 5.11 Å². The molecule has 15 heavy (non-hydrogen) atoms. The molecular formula is C11H17NOS2. The number of aliphatic hydroxyl groups excluding tert-OH is 1. The number of aliphatic hydroxyl groups is 1. The number of fused-ring (bicyclic) bond motifs is 1. The van der Waals surface area contributed by atoms with Crippen molar-refractivity contribution in [3.05, 3.63) is 17.0 Å². The topological polar surface area (TPSA) is 32.3 Å². The van der Waals surface area contributed by atoms with Crippen LogP contribution in [0.2, 0.25) is 0 Å². The lowest BCUT2D eigenvalue weighted by molar-refractivity contribution is 0.185. The molecule has 1 aliphatic heterocycles. The van der Waals surface area contributed by atoms with Crippen molar-refractivity contribution < 1.29 is 5.11 Å². The van der Waals surface area contributed by atoms with Crippen LogP contribution in [-0.4, -0.2) is 23.0 Å². The zero-order chi connectivity index (χ0) is 10.8. The summed E-state index contributed by atoms with van der Waals surface area (Å²) in [5.74, 6) is 0. The zero-order valence-corrected chi connectivity index (χ0v) is 10.7. The lowest BCUT2D eigenvalue weighted by atomic mass is 10.0. The van der Waals surface area contributed by atoms with Gasteiger partial charge in [0.15, 0.2) is 0 Å². The van der Waals surface area contributed by atoms with E-state index < -0.39 is 0 Å². The Labute approximate surface area is 99.1 Å². The molecule has 3 atom stereocenters. The van der Waals surface area contributed by atoms with Gasteiger partial charge in [-0.15, -0.1) is 23.1 Å². The first-order chi connectivity index (χ1) is 7.16. The second-order valence-electron chi connectivity index (χ2n) is 4.14. The van der Waals surface area contributed by atoms with Crippen molar-refractivity contribution in [2.75, 3.05) is 6.54 Å². The van der Waals surface area contributed by atoms with Crippen LogP contribution in [0.25, 0.3) is 0 Å². The van der Waals surface area contributed by atoms with Crippen molar-refractivity contribution >= 4 is 23.1 Å². The predicted octanol–water partition coefficient (Wildman–Crippen LogP) is 2.64. The van der Waals surface area contributed by atoms with Crippen LogP contribution in [-0.2, 0) is 0 Å². The minimum absolute atomic E-state index is 0.267. The summed E-state index contributed by atoms with van der Waals surface area (Å²) < 4.78 is 1.44. The molecule has 84 valence electrons. The predicted molar refractivity (Wildman–Crippen MR) is 66.7 cm³/mol. The van der Waals surface area contributed by atoms with Crippen molar-refractivity contribution in [1.82, 2.24) is 5.32 Å². The first-order valence-corrected chi connectivity index (χ1v) is 7.08. The fraction of sp³-hybridized carbons (Fsp3) is 0.636. The highest BCUT2D eigenvalue weighted by Gasteiger charge is 2.25. The van der Waals surface area contributed by atoms with Crippen molar-refractivity contribution in [3.8, 4) is 0 Å². The molecule has 0 radical (unpaired) electrons. The quantitative estimate of drug-likeness (QED) is 0.856. The van der Waals surface area contributed by atoms with Crippen LogP contribution in [0.5, 0.6) is 0 Å². The summed E-state index contributed by atoms with van der Waals surface area (Å²) in [4.78, 5) is 0. The molecule has 2 nitrogen and oxygen atoms in total. The van der Waals surface area contributed by atoms with Crippen LogP contribution in [0, 0.1) is 0 Å². The average molecular weight is 243 g/mol. The minimum Gasteiger partial charge on any atom is -0.392 e. The van der Waals surface area contributed by atoms with Gasteiger partial charge in [0.05, 0.1) is 10.3 Å². The molecule has 4 heteroatoms. The van der Waals surface area contributed by atoms with Crippen molar-refractivity contribution in [1.29, 1.82) is 0 Å². The molecular weight excluding hydrogens is 226 g/mol. The van der Waals surface area contributed by atoms with Gasteiger partial charge in [-0.25, -0.2) is 0 Å². The Hall–Kier alpha value is -0.0300. The number of thioether (sulfide) groups is 1. The highest BCUT2D eigenvalue weighted by atomic mass is 32.2. The van der Waals surface area contributed by atoms with Crippen molar-refractivity contribution in [3.63, 3.8) is 0 Å². The first kappa shape index (κ1) is 11.5. The summed E-state index contributed by atoms with van der Waals surface area (Å²) in [6.07, 6.45) is 0.887. The Bertz CT molecular complexity index is 324. The van der Waals surface area contributed by atoms with Crippen LogP contribution in [0.1, 0.15) is 31.9 Å². The van der Waals surface area contributed by atoms with Crippen LogP contribution in [0.3, 0.4) is 0 Å². The van der Waals surface area contributed by atoms with E-state index in [4.69, 9.17) is 0 Å². The van der Waals surface area contributed by atoms with E-state index in [1.165, 1.54) is 9.77 Å². The monoisotopic (exact) mass is 243 g/mol. The van der Waals surface area contributed by atoms with Gasteiger partial charge in [-0.1, -0.05) is 6.92 Å². The van der Waals surface area contributed by atoms with E-state index in [-0.39, 0.29) is 6.10 Å². The molecule has 0 saturated carbocycles. The van der Waals surface area contributed by atoms with Crippen LogP contribution in [0.15, 0.2) is 15.7 Å². The largest absolute Gasteiger partial charge is 0.392 e. The Balaban J connectivity index is 2.06. The highest BCUT2D eigenvalue weighted by Crippen LogP contribution is 2.43. The zero-order valence-electron chi connectivity index (χ0n) is 9.06. The maximum atomic E-state index is 9.28. The van der Waals surface area contributed by atoms with Crippen LogP contribution in [0.4, 0.5) is 0 Å². The normalized spacial score (nSPS) is 27.4. The molecule has 0 fully saturated rings. The molecule has 0 spiro atoms. The molecule has 2 heterocycles. The molecule has 0 amide bonds. The number of thiophene rings is 1. The lowest BCUT2D eigenvalue weighted by Crippen LogP contribution is -2.31. The highest BCUT2D eigenvalue weighted by molar-refractivity contribution is 8.01. The molecule has 0 aliphatic carbocycles. The fourth-order valence-electron chi connectivity index (χ4n) is 1.86. The van der Waals surface area contributed by atoms with Gasteiger partial charge < -0.3 is 10.4 Å². The number of hydrogen-bond acceptors (Lipinski definition) is 4. The Morgan fingerprint density at radius 2 is 2.47 bits per heavy atom. The lowest BCUT2D eigenvalue weighted by Gasteiger charge is -2.28. The second kappa shape index (κ2) is 4.87. The number of hydrogen-bond donors (Lipinski definition) is 2. The standard InChI is InChI=1S/C11H17NOS2/c1-7(13)6-12-10-5-8(2)15-11-9(10)3-4-14-11/h3-4,7-8,10,12-13H,5-6H2,1-2H3/t7?,8-,10?/m0/s1. The van der Waals surface area contributed by atoms with Gasteiger partial charge in [0.25, 0.3) is 0 Å². The van der Waals surface area contributed by atoms with Crippen molar-refractivity contribution in [2.24, 2.45) is 0 Å². The van der Waals surface area contributed by atoms with Gasteiger partial charge in [0.2, 0.25) is 0 Å². The Morgan fingerprint density at radius 1 is 1.67 bits per heavy atom. The Morgan fingerprint density at radius 3 is 3.20 bits per heavy atom. The second-order valence-corrected chi connectivity index (χ2v) is 6.76. The molecule has 1 aliphatic rings. The molecule has 1 aromatic heterocycles. The Kier molecular flexibility index (Phi) is 3.72. The molecule has 2 N–H and O–H groups in total. The first-order valence-electron chi connectivity index (χ1n) is 5.32. The maximum Gasteiger partial charge on any atom is 0.0649 e. The molecule has 0 bridgehead atoms. The maximum absolute atomic E-state index is 9.28. The SMILES string of the molecule is CC(O)CNC1C[C@H](C)Sc2sccc21. The fourth-order valence-corrected chi connectivity index (χ4v) is 4.42. The number of nitrogens with one attached hydrogen (secondary N) is 1. The smallest absolute Gasteiger partial charge is 0.0649 e. The van der Waals surface area contributed by atoms with E-state index in [2.05, 4.69) is 23.7 Å². The van der Waals surface area contributed by atoms with Gasteiger partial charge in [-0.05, 0) is 30.4 Å². The summed E-state index contributed by atoms with van der Waals surface area (Å²) in [6, 6.07) is 2.63. The summed E-state index contributed by atoms with van der Waals surface area (Å²) in [7, 11) is 0. The van der Waals surface area contributed by atoms with Crippen LogP contribution < -0.4 is 5.32 Å². The third-order valence-corrected chi connectivity index (χ3v) is 4.91. The van der Waals surface area contributed by atoms with E-state index in [1.807, 2.05) is 30.0 Å². The molecule has 0 aromatic carbocycles. The summed E-state index contributed by atoms with van der Waals surface area (Å²) >= 11 is 3.80. The van der Waals surface area contributed by atoms with Crippen molar-refractivity contribution in [2.45, 2.75) is 41.9 Å². The van der Waals surface area contributed by atoms with E-state index >= 15 is 0 Å². The molecule has 2 rings (SSSR count). The summed E-state index contributed by atoms with van der Waals surface area (Å²) in [5, 5.41) is 15.5. The average Bonchev–Trinajstić information content (AvgIpc) is 2.61. The molecule has 1 aromatic rings. The van der Waals surface area contributed by atoms with E-state index in [0.717, 1.165) is 6.42 Å². The minimum atomic E-state index is -0.267. The van der Waals surface area contributed by atoms with Gasteiger partial charge >= 0.3 is 0 Å². The summed E-state index contributed by atoms with van der Waals surface area (Å²) in [5.41, 5.74) is 1.42. The third-order valence-electron chi connectivity index (χ3n) is 2.57. The van der Waals surface area contributed by atoms with Gasteiger partial charge in [-0.3, -0.25) is 0 Å². The molecule has 2 unspecified atom stereocenters. The van der Waals surface area contributed by atoms with E-state index in [1.54, 1.807) is 0 Å². The van der Waals surface area contributed by atoms with Gasteiger partial charge in [0.1, 0.15) is 0 Å². The van der Waals surface area contributed by atoms with Gasteiger partial charge in [0, 0.05) is 17.8 Å². The summed E-state index contributed by atoms with van der Waals surface area (Å²) in [6.45, 7) is 4.77. The van der Waals surface area contributed by atoms with E-state index in [0.29, 0.717) is 17.8 Å². The number of rotatable bonds is 3. The van der Waals surface area contributed by atoms with Gasteiger partial charge in [-0.2, -0.15) is 0 Å². The van der Waals surface area contributed by atoms with Crippen LogP contribution >= 0.6 is 23.1 Å².